The predicted octanol–water partition coefficient (Wildman–Crippen LogP) is 12.1. The Morgan fingerprint density at radius 3 is 1.71 bits per heavy atom. The Morgan fingerprint density at radius 1 is 0.417 bits per heavy atom. The maximum atomic E-state index is 5.49. The average Bonchev–Trinajstić information content (AvgIpc) is 3.71. The van der Waals surface area contributed by atoms with E-state index in [1.165, 1.54) is 42.1 Å². The molecule has 7 aromatic carbocycles. The number of rotatable bonds is 4. The Bertz CT molecular complexity index is 2790. The second-order valence-corrected chi connectivity index (χ2v) is 13.3. The summed E-state index contributed by atoms with van der Waals surface area (Å²) in [4.78, 5) is 10.8. The molecule has 4 heteroatoms. The van der Waals surface area contributed by atoms with Crippen LogP contribution in [0.1, 0.15) is 0 Å². The summed E-state index contributed by atoms with van der Waals surface area (Å²) >= 11 is 1.82. The number of para-hydroxylation sites is 2. The molecule has 3 nitrogen and oxygen atoms in total. The number of thiophene rings is 1. The highest BCUT2D eigenvalue weighted by Crippen LogP contribution is 2.42. The molecule has 0 unspecified atom stereocenters. The average molecular weight is 630 g/mol. The fourth-order valence-electron chi connectivity index (χ4n) is 7.17. The summed E-state index contributed by atoms with van der Waals surface area (Å²) < 4.78 is 4.82. The lowest BCUT2D eigenvalue weighted by Crippen LogP contribution is -2.03. The number of hydrogen-bond donors (Lipinski definition) is 0. The Balaban J connectivity index is 1.24. The molecule has 0 fully saturated rings. The SMILES string of the molecule is c1ccc(-c2cccc(-c3cccc(-c4nc(-n5c6ccccc6c6ccccc65)c5c(ccc6c7ccccc7sc65)n4)c3)c2)cc1. The largest absolute Gasteiger partial charge is 0.293 e. The van der Waals surface area contributed by atoms with Crippen molar-refractivity contribution in [2.75, 3.05) is 0 Å². The number of aromatic nitrogens is 3. The molecule has 0 N–H and O–H groups in total. The number of nitrogens with zero attached hydrogens (tertiary/aromatic N) is 3. The van der Waals surface area contributed by atoms with Gasteiger partial charge in [-0.1, -0.05) is 127 Å². The molecule has 0 atom stereocenters. The topological polar surface area (TPSA) is 30.7 Å². The van der Waals surface area contributed by atoms with Gasteiger partial charge in [0, 0.05) is 36.5 Å². The minimum absolute atomic E-state index is 0.709. The summed E-state index contributed by atoms with van der Waals surface area (Å²) in [6, 6.07) is 58.2. The summed E-state index contributed by atoms with van der Waals surface area (Å²) in [6.45, 7) is 0. The Morgan fingerprint density at radius 2 is 0.979 bits per heavy atom. The molecule has 0 bridgehead atoms. The molecule has 0 radical (unpaired) electrons. The van der Waals surface area contributed by atoms with E-state index in [0.717, 1.165) is 44.4 Å². The minimum atomic E-state index is 0.709. The second kappa shape index (κ2) is 10.7. The first-order valence-corrected chi connectivity index (χ1v) is 17.0. The molecule has 3 aromatic heterocycles. The summed E-state index contributed by atoms with van der Waals surface area (Å²) in [5.41, 5.74) is 8.88. The van der Waals surface area contributed by atoms with E-state index in [-0.39, 0.29) is 0 Å². The van der Waals surface area contributed by atoms with Crippen LogP contribution in [0.5, 0.6) is 0 Å². The molecule has 0 spiro atoms. The van der Waals surface area contributed by atoms with Gasteiger partial charge < -0.3 is 0 Å². The Hall–Kier alpha value is -6.10. The smallest absolute Gasteiger partial charge is 0.162 e. The van der Waals surface area contributed by atoms with Crippen molar-refractivity contribution in [1.29, 1.82) is 0 Å². The van der Waals surface area contributed by atoms with E-state index in [0.29, 0.717) is 5.82 Å². The molecule has 0 aliphatic rings. The molecule has 10 aromatic rings. The van der Waals surface area contributed by atoms with Crippen LogP contribution < -0.4 is 0 Å². The first kappa shape index (κ1) is 27.1. The Labute approximate surface area is 281 Å². The minimum Gasteiger partial charge on any atom is -0.293 e. The quantitative estimate of drug-likeness (QED) is 0.194. The van der Waals surface area contributed by atoms with E-state index in [9.17, 15) is 0 Å². The zero-order valence-corrected chi connectivity index (χ0v) is 26.7. The van der Waals surface area contributed by atoms with Gasteiger partial charge in [0.2, 0.25) is 0 Å². The zero-order chi connectivity index (χ0) is 31.6. The zero-order valence-electron chi connectivity index (χ0n) is 25.8. The molecule has 0 aliphatic carbocycles. The van der Waals surface area contributed by atoms with Crippen molar-refractivity contribution in [2.45, 2.75) is 0 Å². The molecule has 3 heterocycles. The molecule has 0 amide bonds. The van der Waals surface area contributed by atoms with Gasteiger partial charge in [-0.25, -0.2) is 9.97 Å². The van der Waals surface area contributed by atoms with E-state index < -0.39 is 0 Å². The van der Waals surface area contributed by atoms with Gasteiger partial charge in [-0.3, -0.25) is 4.57 Å². The molecular weight excluding hydrogens is 603 g/mol. The van der Waals surface area contributed by atoms with Gasteiger partial charge in [0.05, 0.1) is 21.9 Å². The van der Waals surface area contributed by atoms with Gasteiger partial charge in [0.15, 0.2) is 11.6 Å². The first-order chi connectivity index (χ1) is 23.8. The third kappa shape index (κ3) is 4.20. The third-order valence-corrected chi connectivity index (χ3v) is 10.6. The fourth-order valence-corrected chi connectivity index (χ4v) is 8.41. The van der Waals surface area contributed by atoms with Gasteiger partial charge in [-0.2, -0.15) is 0 Å². The van der Waals surface area contributed by atoms with Crippen LogP contribution in [0.4, 0.5) is 0 Å². The Kier molecular flexibility index (Phi) is 6.05. The van der Waals surface area contributed by atoms with E-state index in [1.807, 2.05) is 11.3 Å². The number of hydrogen-bond acceptors (Lipinski definition) is 3. The van der Waals surface area contributed by atoms with Gasteiger partial charge in [-0.05, 0) is 58.7 Å². The predicted molar refractivity (Wildman–Crippen MR) is 203 cm³/mol. The van der Waals surface area contributed by atoms with E-state index in [2.05, 4.69) is 168 Å². The van der Waals surface area contributed by atoms with Crippen molar-refractivity contribution in [3.05, 3.63) is 164 Å². The van der Waals surface area contributed by atoms with Crippen LogP contribution in [0.25, 0.3) is 92.3 Å². The van der Waals surface area contributed by atoms with Crippen LogP contribution >= 0.6 is 11.3 Å². The van der Waals surface area contributed by atoms with Crippen molar-refractivity contribution in [3.63, 3.8) is 0 Å². The normalized spacial score (nSPS) is 11.8. The van der Waals surface area contributed by atoms with E-state index >= 15 is 0 Å². The highest BCUT2D eigenvalue weighted by Gasteiger charge is 2.21. The van der Waals surface area contributed by atoms with Crippen molar-refractivity contribution in [3.8, 4) is 39.5 Å². The van der Waals surface area contributed by atoms with Crippen molar-refractivity contribution in [2.24, 2.45) is 0 Å². The third-order valence-electron chi connectivity index (χ3n) is 9.40. The van der Waals surface area contributed by atoms with Crippen molar-refractivity contribution in [1.82, 2.24) is 14.5 Å². The van der Waals surface area contributed by atoms with Gasteiger partial charge in [0.1, 0.15) is 0 Å². The summed E-state index contributed by atoms with van der Waals surface area (Å²) in [5, 5.41) is 6.01. The standard InChI is InChI=1S/C44H27N3S/c1-2-12-28(13-3-1)29-14-10-15-30(26-29)31-16-11-17-32(27-31)43-45-37-25-24-36-35-20-6-9-23-40(35)48-42(36)41(37)44(46-43)47-38-21-7-4-18-33(38)34-19-5-8-22-39(34)47/h1-27H. The first-order valence-electron chi connectivity index (χ1n) is 16.2. The number of benzene rings is 7. The van der Waals surface area contributed by atoms with Crippen LogP contribution in [0, 0.1) is 0 Å². The van der Waals surface area contributed by atoms with Gasteiger partial charge in [-0.15, -0.1) is 11.3 Å². The molecule has 0 aliphatic heterocycles. The summed E-state index contributed by atoms with van der Waals surface area (Å²) in [5.74, 6) is 1.61. The molecular formula is C44H27N3S. The lowest BCUT2D eigenvalue weighted by atomic mass is 9.98. The van der Waals surface area contributed by atoms with Crippen LogP contribution in [-0.2, 0) is 0 Å². The maximum Gasteiger partial charge on any atom is 0.162 e. The molecule has 0 saturated carbocycles. The van der Waals surface area contributed by atoms with Crippen LogP contribution in [0.15, 0.2) is 164 Å². The second-order valence-electron chi connectivity index (χ2n) is 12.2. The van der Waals surface area contributed by atoms with Crippen LogP contribution in [-0.4, -0.2) is 14.5 Å². The summed E-state index contributed by atoms with van der Waals surface area (Å²) in [7, 11) is 0. The highest BCUT2D eigenvalue weighted by molar-refractivity contribution is 7.26. The van der Waals surface area contributed by atoms with Crippen LogP contribution in [0.3, 0.4) is 0 Å². The van der Waals surface area contributed by atoms with Crippen molar-refractivity contribution >= 4 is 64.2 Å². The monoisotopic (exact) mass is 629 g/mol. The molecule has 10 rings (SSSR count). The molecule has 48 heavy (non-hydrogen) atoms. The maximum absolute atomic E-state index is 5.49. The summed E-state index contributed by atoms with van der Waals surface area (Å²) in [6.07, 6.45) is 0. The van der Waals surface area contributed by atoms with E-state index in [1.54, 1.807) is 0 Å². The highest BCUT2D eigenvalue weighted by atomic mass is 32.1. The lowest BCUT2D eigenvalue weighted by Gasteiger charge is -2.14. The van der Waals surface area contributed by atoms with Crippen LogP contribution in [0.2, 0.25) is 0 Å². The molecule has 0 saturated heterocycles. The molecule has 224 valence electrons. The fraction of sp³-hybridized carbons (Fsp3) is 0. The van der Waals surface area contributed by atoms with Gasteiger partial charge in [0.25, 0.3) is 0 Å². The number of fused-ring (bicyclic) bond motifs is 8. The lowest BCUT2D eigenvalue weighted by molar-refractivity contribution is 1.08. The van der Waals surface area contributed by atoms with E-state index in [4.69, 9.17) is 9.97 Å². The van der Waals surface area contributed by atoms with Crippen molar-refractivity contribution < 1.29 is 0 Å². The van der Waals surface area contributed by atoms with Gasteiger partial charge >= 0.3 is 0 Å².